The highest BCUT2D eigenvalue weighted by molar-refractivity contribution is 5.62. The van der Waals surface area contributed by atoms with E-state index in [1.807, 2.05) is 43.3 Å². The van der Waals surface area contributed by atoms with Crippen LogP contribution in [-0.4, -0.2) is 37.2 Å². The normalized spacial score (nSPS) is 16.6. The maximum atomic E-state index is 13.1. The lowest BCUT2D eigenvalue weighted by molar-refractivity contribution is 0.251. The molecule has 0 saturated heterocycles. The van der Waals surface area contributed by atoms with Gasteiger partial charge in [0.05, 0.1) is 33.0 Å². The molecule has 1 atom stereocenters. The van der Waals surface area contributed by atoms with Crippen LogP contribution in [0.15, 0.2) is 47.4 Å². The van der Waals surface area contributed by atoms with Gasteiger partial charge in [0, 0.05) is 6.54 Å². The minimum atomic E-state index is -0.199. The Morgan fingerprint density at radius 1 is 1.13 bits per heavy atom. The zero-order chi connectivity index (χ0) is 21.5. The van der Waals surface area contributed by atoms with Crippen molar-refractivity contribution in [1.29, 1.82) is 0 Å². The monoisotopic (exact) mass is 419 g/mol. The van der Waals surface area contributed by atoms with E-state index >= 15 is 0 Å². The van der Waals surface area contributed by atoms with Gasteiger partial charge < -0.3 is 19.1 Å². The fourth-order valence-electron chi connectivity index (χ4n) is 4.44. The molecule has 2 aliphatic rings. The van der Waals surface area contributed by atoms with E-state index in [2.05, 4.69) is 10.00 Å². The molecule has 0 spiro atoms. The summed E-state index contributed by atoms with van der Waals surface area (Å²) in [5.41, 5.74) is 5.12. The van der Waals surface area contributed by atoms with Gasteiger partial charge in [-0.3, -0.25) is 4.79 Å². The van der Waals surface area contributed by atoms with Gasteiger partial charge in [-0.05, 0) is 42.2 Å². The number of aromatic nitrogens is 2. The molecule has 1 unspecified atom stereocenters. The second kappa shape index (κ2) is 7.65. The number of aryl methyl sites for hydroxylation is 1. The Morgan fingerprint density at radius 3 is 2.61 bits per heavy atom. The summed E-state index contributed by atoms with van der Waals surface area (Å²) >= 11 is 0. The van der Waals surface area contributed by atoms with Crippen molar-refractivity contribution in [3.63, 3.8) is 0 Å². The predicted octanol–water partition coefficient (Wildman–Crippen LogP) is 3.11. The van der Waals surface area contributed by atoms with E-state index in [1.165, 1.54) is 15.8 Å². The second-order valence-corrected chi connectivity index (χ2v) is 7.98. The Bertz CT molecular complexity index is 1190. The number of rotatable bonds is 4. The first-order valence-electron chi connectivity index (χ1n) is 10.4. The van der Waals surface area contributed by atoms with Gasteiger partial charge in [0.2, 0.25) is 5.75 Å². The number of methoxy groups -OCH3 is 2. The maximum absolute atomic E-state index is 13.1. The minimum Gasteiger partial charge on any atom is -0.493 e. The lowest BCUT2D eigenvalue weighted by Gasteiger charge is -2.42. The van der Waals surface area contributed by atoms with Crippen LogP contribution in [0.1, 0.15) is 28.3 Å². The molecule has 5 rings (SSSR count). The minimum absolute atomic E-state index is 0.00482. The van der Waals surface area contributed by atoms with E-state index in [0.717, 1.165) is 35.5 Å². The van der Waals surface area contributed by atoms with Crippen LogP contribution >= 0.6 is 0 Å². The Labute approximate surface area is 180 Å². The van der Waals surface area contributed by atoms with E-state index < -0.39 is 0 Å². The summed E-state index contributed by atoms with van der Waals surface area (Å²) in [6.45, 7) is 3.64. The topological polar surface area (TPSA) is 65.8 Å². The fraction of sp³-hybridized carbons (Fsp3) is 0.333. The van der Waals surface area contributed by atoms with E-state index in [1.54, 1.807) is 20.4 Å². The predicted molar refractivity (Wildman–Crippen MR) is 118 cm³/mol. The zero-order valence-corrected chi connectivity index (χ0v) is 17.9. The zero-order valence-electron chi connectivity index (χ0n) is 17.9. The largest absolute Gasteiger partial charge is 0.493 e. The first-order chi connectivity index (χ1) is 15.1. The van der Waals surface area contributed by atoms with Crippen LogP contribution in [0.4, 0.5) is 5.69 Å². The summed E-state index contributed by atoms with van der Waals surface area (Å²) < 4.78 is 18.4. The number of hydrogen-bond acceptors (Lipinski definition) is 6. The van der Waals surface area contributed by atoms with Crippen molar-refractivity contribution in [1.82, 2.24) is 9.78 Å². The van der Waals surface area contributed by atoms with Crippen LogP contribution in [0.2, 0.25) is 0 Å². The SMILES string of the molecule is COc1cc2c(cc1OC)C1COc3c(cnn(Cc4ccc(C)cc4)c3=O)N1CC2. The number of hydrogen-bond donors (Lipinski definition) is 0. The molecule has 2 aliphatic heterocycles. The van der Waals surface area contributed by atoms with Crippen LogP contribution in [-0.2, 0) is 13.0 Å². The Morgan fingerprint density at radius 2 is 1.87 bits per heavy atom. The second-order valence-electron chi connectivity index (χ2n) is 7.98. The molecule has 0 saturated carbocycles. The van der Waals surface area contributed by atoms with Crippen molar-refractivity contribution >= 4 is 5.69 Å². The van der Waals surface area contributed by atoms with Gasteiger partial charge in [-0.2, -0.15) is 5.10 Å². The van der Waals surface area contributed by atoms with Crippen LogP contribution in [0.5, 0.6) is 17.2 Å². The molecule has 160 valence electrons. The third kappa shape index (κ3) is 3.30. The Balaban J connectivity index is 1.48. The summed E-state index contributed by atoms with van der Waals surface area (Å²) in [6, 6.07) is 12.2. The summed E-state index contributed by atoms with van der Waals surface area (Å²) in [4.78, 5) is 15.3. The molecule has 0 amide bonds. The van der Waals surface area contributed by atoms with Gasteiger partial charge in [0.25, 0.3) is 0 Å². The third-order valence-corrected chi connectivity index (χ3v) is 6.13. The highest BCUT2D eigenvalue weighted by atomic mass is 16.5. The van der Waals surface area contributed by atoms with Gasteiger partial charge >= 0.3 is 5.56 Å². The molecule has 0 N–H and O–H groups in total. The van der Waals surface area contributed by atoms with Crippen molar-refractivity contribution in [2.45, 2.75) is 25.9 Å². The summed E-state index contributed by atoms with van der Waals surface area (Å²) in [5.74, 6) is 1.80. The van der Waals surface area contributed by atoms with Crippen molar-refractivity contribution in [2.75, 3.05) is 32.3 Å². The fourth-order valence-corrected chi connectivity index (χ4v) is 4.44. The van der Waals surface area contributed by atoms with Crippen molar-refractivity contribution in [2.24, 2.45) is 0 Å². The van der Waals surface area contributed by atoms with Crippen molar-refractivity contribution in [3.05, 3.63) is 75.2 Å². The summed E-state index contributed by atoms with van der Waals surface area (Å²) in [7, 11) is 3.28. The Hall–Kier alpha value is -3.48. The molecule has 31 heavy (non-hydrogen) atoms. The Kier molecular flexibility index (Phi) is 4.81. The van der Waals surface area contributed by atoms with Crippen molar-refractivity contribution < 1.29 is 14.2 Å². The number of benzene rings is 2. The molecule has 0 radical (unpaired) electrons. The number of fused-ring (bicyclic) bond motifs is 5. The lowest BCUT2D eigenvalue weighted by Crippen LogP contribution is -2.44. The molecule has 0 bridgehead atoms. The molecule has 7 heteroatoms. The molecule has 3 heterocycles. The van der Waals surface area contributed by atoms with E-state index in [4.69, 9.17) is 14.2 Å². The molecular formula is C24H25N3O4. The molecular weight excluding hydrogens is 394 g/mol. The third-order valence-electron chi connectivity index (χ3n) is 6.13. The molecule has 3 aromatic rings. The van der Waals surface area contributed by atoms with Gasteiger partial charge in [-0.25, -0.2) is 4.68 Å². The van der Waals surface area contributed by atoms with Crippen LogP contribution in [0.25, 0.3) is 0 Å². The van der Waals surface area contributed by atoms with Gasteiger partial charge in [-0.1, -0.05) is 29.8 Å². The van der Waals surface area contributed by atoms with Gasteiger partial charge in [0.15, 0.2) is 11.5 Å². The molecule has 7 nitrogen and oxygen atoms in total. The van der Waals surface area contributed by atoms with Crippen LogP contribution < -0.4 is 24.7 Å². The maximum Gasteiger partial charge on any atom is 0.311 e. The van der Waals surface area contributed by atoms with Gasteiger partial charge in [0.1, 0.15) is 12.3 Å². The average Bonchev–Trinajstić information content (AvgIpc) is 2.80. The number of ether oxygens (including phenoxy) is 3. The first kappa shape index (κ1) is 19.5. The van der Waals surface area contributed by atoms with Crippen LogP contribution in [0, 0.1) is 6.92 Å². The number of nitrogens with zero attached hydrogens (tertiary/aromatic N) is 3. The van der Waals surface area contributed by atoms with E-state index in [9.17, 15) is 4.79 Å². The number of anilines is 1. The van der Waals surface area contributed by atoms with Crippen LogP contribution in [0.3, 0.4) is 0 Å². The lowest BCUT2D eigenvalue weighted by atomic mass is 9.91. The summed E-state index contributed by atoms with van der Waals surface area (Å²) in [5, 5.41) is 4.46. The van der Waals surface area contributed by atoms with Gasteiger partial charge in [-0.15, -0.1) is 0 Å². The molecule has 1 aromatic heterocycles. The summed E-state index contributed by atoms with van der Waals surface area (Å²) in [6.07, 6.45) is 2.60. The van der Waals surface area contributed by atoms with E-state index in [0.29, 0.717) is 24.7 Å². The smallest absolute Gasteiger partial charge is 0.311 e. The molecule has 0 aliphatic carbocycles. The molecule has 2 aromatic carbocycles. The van der Waals surface area contributed by atoms with Crippen molar-refractivity contribution in [3.8, 4) is 17.2 Å². The quantitative estimate of drug-likeness (QED) is 0.648. The highest BCUT2D eigenvalue weighted by Gasteiger charge is 2.36. The standard InChI is InChI=1S/C24H25N3O4/c1-15-4-6-16(7-5-15)13-27-24(28)23-19(12-25-27)26-9-8-17-10-21(29-2)22(30-3)11-18(17)20(26)14-31-23/h4-7,10-12,20H,8-9,13-14H2,1-3H3. The highest BCUT2D eigenvalue weighted by Crippen LogP contribution is 2.43. The first-order valence-corrected chi connectivity index (χ1v) is 10.4. The molecule has 0 fully saturated rings. The average molecular weight is 419 g/mol. The van der Waals surface area contributed by atoms with E-state index in [-0.39, 0.29) is 11.6 Å².